The third-order valence-electron chi connectivity index (χ3n) is 4.06. The maximum absolute atomic E-state index is 12.3. The summed E-state index contributed by atoms with van der Waals surface area (Å²) in [7, 11) is 0. The first-order chi connectivity index (χ1) is 12.1. The van der Waals surface area contributed by atoms with Crippen molar-refractivity contribution in [3.63, 3.8) is 0 Å². The number of carbonyl (C=O) groups is 2. The van der Waals surface area contributed by atoms with Gasteiger partial charge in [0.05, 0.1) is 6.54 Å². The van der Waals surface area contributed by atoms with Crippen molar-refractivity contribution in [1.82, 2.24) is 10.2 Å². The van der Waals surface area contributed by atoms with Crippen LogP contribution in [0.1, 0.15) is 21.5 Å². The summed E-state index contributed by atoms with van der Waals surface area (Å²) in [5.41, 5.74) is 3.09. The second-order valence-corrected chi connectivity index (χ2v) is 5.90. The number of ether oxygens (including phenoxy) is 1. The minimum absolute atomic E-state index is 0.0448. The van der Waals surface area contributed by atoms with E-state index in [9.17, 15) is 9.59 Å². The van der Waals surface area contributed by atoms with Crippen molar-refractivity contribution in [3.05, 3.63) is 71.8 Å². The maximum Gasteiger partial charge on any atom is 0.259 e. The van der Waals surface area contributed by atoms with Gasteiger partial charge in [-0.2, -0.15) is 0 Å². The number of fused-ring (bicyclic) bond motifs is 1. The van der Waals surface area contributed by atoms with Gasteiger partial charge in [0.15, 0.2) is 0 Å². The molecule has 2 amide bonds. The summed E-state index contributed by atoms with van der Waals surface area (Å²) in [5, 5.41) is 2.76. The van der Waals surface area contributed by atoms with Crippen molar-refractivity contribution in [3.8, 4) is 5.75 Å². The van der Waals surface area contributed by atoms with Gasteiger partial charge in [-0.15, -0.1) is 0 Å². The third kappa shape index (κ3) is 3.71. The number of hydrogen-bond acceptors (Lipinski definition) is 3. The Morgan fingerprint density at radius 3 is 2.48 bits per heavy atom. The van der Waals surface area contributed by atoms with Crippen molar-refractivity contribution < 1.29 is 14.3 Å². The minimum Gasteiger partial charge on any atom is -0.492 e. The van der Waals surface area contributed by atoms with E-state index in [1.807, 2.05) is 43.3 Å². The van der Waals surface area contributed by atoms with E-state index in [-0.39, 0.29) is 18.4 Å². The van der Waals surface area contributed by atoms with Gasteiger partial charge in [0.1, 0.15) is 18.9 Å². The Labute approximate surface area is 146 Å². The summed E-state index contributed by atoms with van der Waals surface area (Å²) >= 11 is 0. The normalized spacial score (nSPS) is 12.9. The summed E-state index contributed by atoms with van der Waals surface area (Å²) in [5.74, 6) is 0.333. The fraction of sp³-hybridized carbons (Fsp3) is 0.200. The Balaban J connectivity index is 1.46. The second kappa shape index (κ2) is 7.21. The van der Waals surface area contributed by atoms with E-state index in [4.69, 9.17) is 4.74 Å². The van der Waals surface area contributed by atoms with Crippen molar-refractivity contribution in [2.75, 3.05) is 19.7 Å². The molecule has 0 radical (unpaired) electrons. The SMILES string of the molecule is C=C1c2ccccc2C(=O)N1CC(=O)NCCOc1ccc(C)cc1. The molecule has 0 saturated heterocycles. The minimum atomic E-state index is -0.241. The van der Waals surface area contributed by atoms with Gasteiger partial charge < -0.3 is 10.1 Å². The van der Waals surface area contributed by atoms with E-state index in [1.165, 1.54) is 4.90 Å². The summed E-state index contributed by atoms with van der Waals surface area (Å²) in [6.07, 6.45) is 0. The first kappa shape index (κ1) is 16.8. The molecule has 2 aromatic rings. The lowest BCUT2D eigenvalue weighted by Crippen LogP contribution is -2.38. The van der Waals surface area contributed by atoms with Crippen molar-refractivity contribution in [2.24, 2.45) is 0 Å². The van der Waals surface area contributed by atoms with Crippen LogP contribution in [0.2, 0.25) is 0 Å². The van der Waals surface area contributed by atoms with Crippen LogP contribution >= 0.6 is 0 Å². The highest BCUT2D eigenvalue weighted by atomic mass is 16.5. The Hall–Kier alpha value is -3.08. The Bertz CT molecular complexity index is 777. The lowest BCUT2D eigenvalue weighted by Gasteiger charge is -2.17. The summed E-state index contributed by atoms with van der Waals surface area (Å²) < 4.78 is 5.56. The molecule has 5 nitrogen and oxygen atoms in total. The van der Waals surface area contributed by atoms with Gasteiger partial charge in [-0.3, -0.25) is 14.5 Å². The number of hydrogen-bond donors (Lipinski definition) is 1. The summed E-state index contributed by atoms with van der Waals surface area (Å²) in [4.78, 5) is 25.8. The molecular weight excluding hydrogens is 316 g/mol. The number of carbonyl (C=O) groups excluding carboxylic acids is 2. The lowest BCUT2D eigenvalue weighted by molar-refractivity contribution is -0.121. The van der Waals surface area contributed by atoms with Crippen molar-refractivity contribution in [2.45, 2.75) is 6.92 Å². The smallest absolute Gasteiger partial charge is 0.259 e. The molecule has 0 atom stereocenters. The standard InChI is InChI=1S/C20H20N2O3/c1-14-7-9-16(10-8-14)25-12-11-21-19(23)13-22-15(2)17-5-3-4-6-18(17)20(22)24/h3-10H,2,11-13H2,1H3,(H,21,23). The first-order valence-electron chi connectivity index (χ1n) is 8.12. The van der Waals surface area contributed by atoms with Gasteiger partial charge >= 0.3 is 0 Å². The van der Waals surface area contributed by atoms with E-state index in [2.05, 4.69) is 11.9 Å². The molecule has 25 heavy (non-hydrogen) atoms. The second-order valence-electron chi connectivity index (χ2n) is 5.90. The van der Waals surface area contributed by atoms with E-state index in [0.717, 1.165) is 16.9 Å². The molecule has 3 rings (SSSR count). The molecule has 0 aliphatic carbocycles. The van der Waals surface area contributed by atoms with Gasteiger partial charge in [0, 0.05) is 16.8 Å². The highest BCUT2D eigenvalue weighted by molar-refractivity contribution is 6.10. The molecule has 2 aromatic carbocycles. The van der Waals surface area contributed by atoms with Crippen LogP contribution in [0.15, 0.2) is 55.1 Å². The number of rotatable bonds is 6. The van der Waals surface area contributed by atoms with Gasteiger partial charge in [0.2, 0.25) is 5.91 Å². The van der Waals surface area contributed by atoms with Crippen LogP contribution in [0.25, 0.3) is 5.70 Å². The zero-order valence-corrected chi connectivity index (χ0v) is 14.1. The number of nitrogens with one attached hydrogen (secondary N) is 1. The molecule has 0 fully saturated rings. The number of amides is 2. The van der Waals surface area contributed by atoms with Gasteiger partial charge in [0.25, 0.3) is 5.91 Å². The maximum atomic E-state index is 12.3. The van der Waals surface area contributed by atoms with Gasteiger partial charge in [-0.25, -0.2) is 0 Å². The average molecular weight is 336 g/mol. The molecule has 0 spiro atoms. The van der Waals surface area contributed by atoms with Crippen molar-refractivity contribution in [1.29, 1.82) is 0 Å². The molecular formula is C20H20N2O3. The summed E-state index contributed by atoms with van der Waals surface area (Å²) in [6, 6.07) is 15.0. The fourth-order valence-electron chi connectivity index (χ4n) is 2.70. The number of benzene rings is 2. The van der Waals surface area contributed by atoms with Crippen LogP contribution in [0.3, 0.4) is 0 Å². The molecule has 0 unspecified atom stereocenters. The zero-order chi connectivity index (χ0) is 17.8. The molecule has 1 aliphatic rings. The first-order valence-corrected chi connectivity index (χ1v) is 8.12. The Morgan fingerprint density at radius 1 is 1.12 bits per heavy atom. The van der Waals surface area contributed by atoms with Crippen LogP contribution in [0, 0.1) is 6.92 Å². The quantitative estimate of drug-likeness (QED) is 0.825. The van der Waals surface area contributed by atoms with Gasteiger partial charge in [-0.05, 0) is 25.1 Å². The number of nitrogens with zero attached hydrogens (tertiary/aromatic N) is 1. The average Bonchev–Trinajstić information content (AvgIpc) is 2.86. The van der Waals surface area contributed by atoms with Crippen LogP contribution in [-0.2, 0) is 4.79 Å². The topological polar surface area (TPSA) is 58.6 Å². The summed E-state index contributed by atoms with van der Waals surface area (Å²) in [6.45, 7) is 6.62. The zero-order valence-electron chi connectivity index (χ0n) is 14.1. The molecule has 0 aromatic heterocycles. The molecule has 1 aliphatic heterocycles. The Morgan fingerprint density at radius 2 is 1.80 bits per heavy atom. The van der Waals surface area contributed by atoms with Crippen LogP contribution in [0.5, 0.6) is 5.75 Å². The fourth-order valence-corrected chi connectivity index (χ4v) is 2.70. The van der Waals surface area contributed by atoms with E-state index < -0.39 is 0 Å². The molecule has 0 bridgehead atoms. The van der Waals surface area contributed by atoms with E-state index >= 15 is 0 Å². The molecule has 1 N–H and O–H groups in total. The largest absolute Gasteiger partial charge is 0.492 e. The highest BCUT2D eigenvalue weighted by Gasteiger charge is 2.31. The van der Waals surface area contributed by atoms with Crippen molar-refractivity contribution >= 4 is 17.5 Å². The van der Waals surface area contributed by atoms with E-state index in [1.54, 1.807) is 12.1 Å². The van der Waals surface area contributed by atoms with Gasteiger partial charge in [-0.1, -0.05) is 42.5 Å². The molecule has 5 heteroatoms. The van der Waals surface area contributed by atoms with Crippen LogP contribution < -0.4 is 10.1 Å². The van der Waals surface area contributed by atoms with Crippen LogP contribution in [0.4, 0.5) is 0 Å². The number of aryl methyl sites for hydroxylation is 1. The Kier molecular flexibility index (Phi) is 4.84. The molecule has 1 heterocycles. The predicted molar refractivity (Wildman–Crippen MR) is 96.2 cm³/mol. The lowest BCUT2D eigenvalue weighted by atomic mass is 10.1. The third-order valence-corrected chi connectivity index (χ3v) is 4.06. The monoisotopic (exact) mass is 336 g/mol. The predicted octanol–water partition coefficient (Wildman–Crippen LogP) is 2.62. The molecule has 128 valence electrons. The molecule has 0 saturated carbocycles. The highest BCUT2D eigenvalue weighted by Crippen LogP contribution is 2.30. The van der Waals surface area contributed by atoms with E-state index in [0.29, 0.717) is 24.4 Å². The van der Waals surface area contributed by atoms with Crippen LogP contribution in [-0.4, -0.2) is 36.4 Å².